The minimum absolute atomic E-state index is 0.826. The van der Waals surface area contributed by atoms with Crippen molar-refractivity contribution in [1.29, 1.82) is 0 Å². The van der Waals surface area contributed by atoms with Gasteiger partial charge in [-0.2, -0.15) is 12.1 Å². The average molecular weight is 669 g/mol. The zero-order chi connectivity index (χ0) is 29.1. The molecule has 0 fully saturated rings. The Hall–Kier alpha value is -2.38. The summed E-state index contributed by atoms with van der Waals surface area (Å²) in [6, 6.07) is 21.6. The van der Waals surface area contributed by atoms with Crippen LogP contribution in [-0.4, -0.2) is 39.5 Å². The van der Waals surface area contributed by atoms with Crippen molar-refractivity contribution in [2.24, 2.45) is 14.1 Å². The summed E-state index contributed by atoms with van der Waals surface area (Å²) < 4.78 is 3.47. The van der Waals surface area contributed by atoms with Crippen LogP contribution in [0.5, 0.6) is 0 Å². The number of rotatable bonds is 4. The van der Waals surface area contributed by atoms with Gasteiger partial charge < -0.3 is 0 Å². The van der Waals surface area contributed by atoms with Crippen molar-refractivity contribution in [2.75, 3.05) is 0 Å². The van der Waals surface area contributed by atoms with E-state index < -0.39 is 20.8 Å². The first-order valence-electron chi connectivity index (χ1n) is 13.0. The van der Waals surface area contributed by atoms with Gasteiger partial charge in [0, 0.05) is 23.6 Å². The summed E-state index contributed by atoms with van der Waals surface area (Å²) >= 11 is -0.826. The molecule has 2 aromatic heterocycles. The van der Waals surface area contributed by atoms with Crippen LogP contribution in [0.15, 0.2) is 73.1 Å². The number of hydrogen-bond acceptors (Lipinski definition) is 4. The van der Waals surface area contributed by atoms with Crippen LogP contribution in [0.1, 0.15) is 25.0 Å². The first-order chi connectivity index (χ1) is 19.4. The molecule has 0 aliphatic heterocycles. The quantitative estimate of drug-likeness (QED) is 0.141. The second kappa shape index (κ2) is 16.2. The van der Waals surface area contributed by atoms with E-state index in [1.54, 1.807) is 9.36 Å². The van der Waals surface area contributed by atoms with Crippen LogP contribution in [0, 0.1) is 0 Å². The van der Waals surface area contributed by atoms with E-state index in [-0.39, 0.29) is 0 Å². The predicted octanol–water partition coefficient (Wildman–Crippen LogP) is 8.00. The van der Waals surface area contributed by atoms with Gasteiger partial charge in [-0.15, -0.1) is 79.3 Å². The van der Waals surface area contributed by atoms with Gasteiger partial charge in [-0.25, -0.2) is 0 Å². The topological polar surface area (TPSA) is 61.4 Å². The third-order valence-corrected chi connectivity index (χ3v) is 6.19. The van der Waals surface area contributed by atoms with E-state index in [0.29, 0.717) is 0 Å². The molecule has 0 aliphatic rings. The van der Waals surface area contributed by atoms with Gasteiger partial charge >= 0.3 is 37.9 Å². The maximum atomic E-state index is 4.93. The first-order valence-corrected chi connectivity index (χ1v) is 21.4. The van der Waals surface area contributed by atoms with Crippen LogP contribution >= 0.6 is 17.0 Å². The number of hydrogen-bond donors (Lipinski definition) is 0. The number of aryl methyl sites for hydroxylation is 4. The molecular weight excluding hydrogens is 635 g/mol. The minimum atomic E-state index is -0.826. The Bertz CT molecular complexity index is 1500. The SMILES string of the molecule is CCc1cc2c(-c3cn(C)nn3)cccc2[cH-]1.CCc1cc2c(-c3cn(C)nn3)cccc2[cH-]1.C[Si]C.[Cl][Zr+2][Cl]. The molecule has 6 rings (SSSR count). The fourth-order valence-electron chi connectivity index (χ4n) is 4.39. The number of nitrogens with zero attached hydrogens (tertiary/aromatic N) is 6. The van der Waals surface area contributed by atoms with Gasteiger partial charge in [0.15, 0.2) is 0 Å². The Balaban J connectivity index is 0.000000185. The van der Waals surface area contributed by atoms with E-state index in [9.17, 15) is 0 Å². The molecule has 0 spiro atoms. The summed E-state index contributed by atoms with van der Waals surface area (Å²) in [4.78, 5) is 0. The van der Waals surface area contributed by atoms with Gasteiger partial charge in [0.05, 0.1) is 12.4 Å². The van der Waals surface area contributed by atoms with E-state index in [2.05, 4.69) is 108 Å². The average Bonchev–Trinajstić information content (AvgIpc) is 3.75. The maximum absolute atomic E-state index is 4.93. The van der Waals surface area contributed by atoms with Gasteiger partial charge in [0.1, 0.15) is 11.4 Å². The van der Waals surface area contributed by atoms with E-state index in [1.165, 1.54) is 32.7 Å². The van der Waals surface area contributed by atoms with Crippen LogP contribution < -0.4 is 0 Å². The Morgan fingerprint density at radius 2 is 1.12 bits per heavy atom. The zero-order valence-electron chi connectivity index (χ0n) is 23.8. The number of fused-ring (bicyclic) bond motifs is 2. The van der Waals surface area contributed by atoms with Crippen LogP contribution in [0.4, 0.5) is 0 Å². The second-order valence-electron chi connectivity index (χ2n) is 9.18. The van der Waals surface area contributed by atoms with Crippen molar-refractivity contribution < 1.29 is 20.8 Å². The zero-order valence-corrected chi connectivity index (χ0v) is 28.8. The molecule has 2 radical (unpaired) electrons. The molecule has 2 heterocycles. The van der Waals surface area contributed by atoms with Crippen molar-refractivity contribution in [2.45, 2.75) is 39.8 Å². The predicted molar refractivity (Wildman–Crippen MR) is 167 cm³/mol. The monoisotopic (exact) mass is 666 g/mol. The van der Waals surface area contributed by atoms with E-state index >= 15 is 0 Å². The number of halogens is 2. The molecular formula is C30H34Cl2N6SiZr. The molecule has 0 N–H and O–H groups in total. The van der Waals surface area contributed by atoms with E-state index in [4.69, 9.17) is 17.0 Å². The second-order valence-corrected chi connectivity index (χ2v) is 13.9. The van der Waals surface area contributed by atoms with Gasteiger partial charge in [-0.3, -0.25) is 9.36 Å². The third-order valence-electron chi connectivity index (χ3n) is 6.19. The molecule has 0 bridgehead atoms. The molecule has 6 nitrogen and oxygen atoms in total. The fourth-order valence-corrected chi connectivity index (χ4v) is 4.39. The van der Waals surface area contributed by atoms with Crippen molar-refractivity contribution >= 4 is 48.1 Å². The van der Waals surface area contributed by atoms with Crippen LogP contribution in [-0.2, 0) is 47.8 Å². The summed E-state index contributed by atoms with van der Waals surface area (Å²) in [5.74, 6) is 0. The van der Waals surface area contributed by atoms with E-state index in [1.807, 2.05) is 26.5 Å². The summed E-state index contributed by atoms with van der Waals surface area (Å²) in [6.07, 6.45) is 6.03. The van der Waals surface area contributed by atoms with Gasteiger partial charge in [0.2, 0.25) is 0 Å². The Labute approximate surface area is 257 Å². The molecule has 0 saturated heterocycles. The van der Waals surface area contributed by atoms with Crippen molar-refractivity contribution in [3.8, 4) is 22.5 Å². The Morgan fingerprint density at radius 1 is 0.750 bits per heavy atom. The Morgan fingerprint density at radius 3 is 1.43 bits per heavy atom. The number of benzene rings is 2. The molecule has 0 saturated carbocycles. The molecule has 0 aliphatic carbocycles. The molecule has 0 unspecified atom stereocenters. The van der Waals surface area contributed by atoms with Crippen molar-refractivity contribution in [1.82, 2.24) is 30.0 Å². The third kappa shape index (κ3) is 8.32. The summed E-state index contributed by atoms with van der Waals surface area (Å²) in [5.41, 5.74) is 6.94. The van der Waals surface area contributed by atoms with Crippen LogP contribution in [0.25, 0.3) is 44.1 Å². The van der Waals surface area contributed by atoms with Gasteiger partial charge in [0.25, 0.3) is 0 Å². The van der Waals surface area contributed by atoms with E-state index in [0.717, 1.165) is 44.9 Å². The summed E-state index contributed by atoms with van der Waals surface area (Å²) in [6.45, 7) is 8.66. The molecule has 206 valence electrons. The molecule has 6 aromatic rings. The summed E-state index contributed by atoms with van der Waals surface area (Å²) in [7, 11) is 14.7. The van der Waals surface area contributed by atoms with Crippen LogP contribution in [0.3, 0.4) is 0 Å². The fraction of sp³-hybridized carbons (Fsp3) is 0.267. The molecule has 0 amide bonds. The standard InChI is InChI=1S/2C14H14N3.C2H6Si.2ClH.Zr/c2*1-3-10-7-11-5-4-6-12(13(11)8-10)14-9-17(2)16-15-14;1-3-2;;;/h2*4-9H,3H2,1-2H3;1-2H3;2*1H;/q2*-1;;;;+4/p-2. The molecule has 4 aromatic carbocycles. The Kier molecular flexibility index (Phi) is 13.0. The van der Waals surface area contributed by atoms with Crippen molar-refractivity contribution in [3.63, 3.8) is 0 Å². The van der Waals surface area contributed by atoms with Crippen LogP contribution in [0.2, 0.25) is 13.1 Å². The first kappa shape index (κ1) is 32.1. The normalized spacial score (nSPS) is 10.2. The molecule has 0 atom stereocenters. The molecule has 10 heteroatoms. The number of aromatic nitrogens is 6. The summed E-state index contributed by atoms with van der Waals surface area (Å²) in [5, 5.41) is 21.5. The van der Waals surface area contributed by atoms with Gasteiger partial charge in [-0.1, -0.05) is 49.5 Å². The van der Waals surface area contributed by atoms with Crippen molar-refractivity contribution in [3.05, 3.63) is 84.2 Å². The molecule has 40 heavy (non-hydrogen) atoms. The van der Waals surface area contributed by atoms with Gasteiger partial charge in [-0.05, 0) is 24.0 Å².